The number of thioether (sulfide) groups is 1. The summed E-state index contributed by atoms with van der Waals surface area (Å²) >= 11 is 1.71. The average Bonchev–Trinajstić information content (AvgIpc) is 3.01. The van der Waals surface area contributed by atoms with Crippen LogP contribution in [-0.2, 0) is 9.59 Å². The number of rotatable bonds is 4. The molecule has 23 heavy (non-hydrogen) atoms. The van der Waals surface area contributed by atoms with E-state index in [1.807, 2.05) is 11.2 Å². The lowest BCUT2D eigenvalue weighted by Crippen LogP contribution is -2.54. The van der Waals surface area contributed by atoms with Crippen molar-refractivity contribution in [3.63, 3.8) is 0 Å². The van der Waals surface area contributed by atoms with Gasteiger partial charge in [0.05, 0.1) is 5.41 Å². The van der Waals surface area contributed by atoms with Crippen LogP contribution in [0.2, 0.25) is 0 Å². The molecule has 2 saturated heterocycles. The molecule has 0 radical (unpaired) electrons. The number of carbonyl (C=O) groups excluding carboxylic acids is 2. The highest BCUT2D eigenvalue weighted by Crippen LogP contribution is 2.42. The van der Waals surface area contributed by atoms with Crippen LogP contribution in [0.5, 0.6) is 0 Å². The van der Waals surface area contributed by atoms with Gasteiger partial charge in [-0.2, -0.15) is 11.8 Å². The van der Waals surface area contributed by atoms with Gasteiger partial charge in [-0.25, -0.2) is 0 Å². The van der Waals surface area contributed by atoms with Gasteiger partial charge in [0.25, 0.3) is 0 Å². The molecule has 0 aromatic rings. The van der Waals surface area contributed by atoms with E-state index in [9.17, 15) is 9.59 Å². The van der Waals surface area contributed by atoms with Crippen molar-refractivity contribution in [2.24, 2.45) is 5.41 Å². The molecule has 2 amide bonds. The quantitative estimate of drug-likeness (QED) is 0.791. The molecule has 3 aliphatic rings. The van der Waals surface area contributed by atoms with E-state index in [4.69, 9.17) is 0 Å². The molecule has 1 atom stereocenters. The maximum Gasteiger partial charge on any atom is 0.230 e. The maximum atomic E-state index is 13.2. The Morgan fingerprint density at radius 1 is 1.17 bits per heavy atom. The van der Waals surface area contributed by atoms with E-state index in [0.717, 1.165) is 38.1 Å². The molecule has 4 nitrogen and oxygen atoms in total. The zero-order valence-electron chi connectivity index (χ0n) is 14.4. The highest BCUT2D eigenvalue weighted by molar-refractivity contribution is 7.98. The summed E-state index contributed by atoms with van der Waals surface area (Å²) < 4.78 is 0. The van der Waals surface area contributed by atoms with E-state index in [-0.39, 0.29) is 11.3 Å². The van der Waals surface area contributed by atoms with Crippen LogP contribution in [0, 0.1) is 5.41 Å². The third kappa shape index (κ3) is 3.54. The Morgan fingerprint density at radius 3 is 2.70 bits per heavy atom. The zero-order valence-corrected chi connectivity index (χ0v) is 15.2. The van der Waals surface area contributed by atoms with E-state index in [2.05, 4.69) is 4.90 Å². The Morgan fingerprint density at radius 2 is 1.96 bits per heavy atom. The van der Waals surface area contributed by atoms with Gasteiger partial charge in [0.2, 0.25) is 11.8 Å². The van der Waals surface area contributed by atoms with Crippen molar-refractivity contribution in [2.45, 2.75) is 63.8 Å². The Hall–Kier alpha value is -0.710. The maximum absolute atomic E-state index is 13.2. The van der Waals surface area contributed by atoms with Crippen LogP contribution in [-0.4, -0.2) is 59.3 Å². The minimum atomic E-state index is -0.259. The fraction of sp³-hybridized carbons (Fsp3) is 0.889. The van der Waals surface area contributed by atoms with Crippen LogP contribution in [0.3, 0.4) is 0 Å². The smallest absolute Gasteiger partial charge is 0.230 e. The molecule has 0 aromatic carbocycles. The molecule has 1 spiro atoms. The summed E-state index contributed by atoms with van der Waals surface area (Å²) in [5.41, 5.74) is -0.259. The first-order valence-corrected chi connectivity index (χ1v) is 10.6. The van der Waals surface area contributed by atoms with Gasteiger partial charge in [0, 0.05) is 37.8 Å². The van der Waals surface area contributed by atoms with Crippen molar-refractivity contribution in [1.82, 2.24) is 9.80 Å². The van der Waals surface area contributed by atoms with E-state index >= 15 is 0 Å². The number of hydrogen-bond donors (Lipinski definition) is 0. The Kier molecular flexibility index (Phi) is 5.55. The first-order valence-electron chi connectivity index (χ1n) is 9.24. The van der Waals surface area contributed by atoms with Gasteiger partial charge >= 0.3 is 0 Å². The van der Waals surface area contributed by atoms with Gasteiger partial charge in [-0.05, 0) is 38.4 Å². The van der Waals surface area contributed by atoms with Gasteiger partial charge in [0.1, 0.15) is 0 Å². The molecule has 1 unspecified atom stereocenters. The Labute approximate surface area is 144 Å². The third-order valence-electron chi connectivity index (χ3n) is 6.01. The summed E-state index contributed by atoms with van der Waals surface area (Å²) in [4.78, 5) is 29.7. The monoisotopic (exact) mass is 338 g/mol. The molecule has 130 valence electrons. The number of likely N-dealkylation sites (tertiary alicyclic amines) is 2. The number of amides is 2. The van der Waals surface area contributed by atoms with Crippen molar-refractivity contribution in [3.8, 4) is 0 Å². The highest BCUT2D eigenvalue weighted by Gasteiger charge is 2.50. The second-order valence-electron chi connectivity index (χ2n) is 7.48. The van der Waals surface area contributed by atoms with Crippen molar-refractivity contribution < 1.29 is 9.59 Å². The molecule has 5 heteroatoms. The summed E-state index contributed by atoms with van der Waals surface area (Å²) in [6, 6.07) is 0.467. The molecule has 0 bridgehead atoms. The van der Waals surface area contributed by atoms with Crippen LogP contribution < -0.4 is 0 Å². The molecule has 3 rings (SSSR count). The molecule has 2 heterocycles. The average molecular weight is 339 g/mol. The summed E-state index contributed by atoms with van der Waals surface area (Å²) in [6.07, 6.45) is 11.8. The van der Waals surface area contributed by atoms with Crippen LogP contribution in [0.25, 0.3) is 0 Å². The number of carbonyl (C=O) groups is 2. The van der Waals surface area contributed by atoms with Gasteiger partial charge in [-0.15, -0.1) is 0 Å². The van der Waals surface area contributed by atoms with Gasteiger partial charge in [-0.1, -0.05) is 19.3 Å². The first-order chi connectivity index (χ1) is 11.2. The Bertz CT molecular complexity index is 450. The molecule has 2 aliphatic heterocycles. The topological polar surface area (TPSA) is 40.6 Å². The fourth-order valence-corrected chi connectivity index (χ4v) is 5.03. The van der Waals surface area contributed by atoms with Gasteiger partial charge in [-0.3, -0.25) is 9.59 Å². The minimum absolute atomic E-state index is 0.235. The van der Waals surface area contributed by atoms with Crippen LogP contribution >= 0.6 is 11.8 Å². The Balaban J connectivity index is 1.64. The van der Waals surface area contributed by atoms with Crippen molar-refractivity contribution >= 4 is 23.6 Å². The zero-order chi connectivity index (χ0) is 16.3. The highest BCUT2D eigenvalue weighted by atomic mass is 32.2. The molecular weight excluding hydrogens is 308 g/mol. The minimum Gasteiger partial charge on any atom is -0.342 e. The second-order valence-corrected chi connectivity index (χ2v) is 8.47. The van der Waals surface area contributed by atoms with Crippen molar-refractivity contribution in [2.75, 3.05) is 31.6 Å². The van der Waals surface area contributed by atoms with Crippen molar-refractivity contribution in [3.05, 3.63) is 0 Å². The number of piperidine rings is 1. The number of hydrogen-bond acceptors (Lipinski definition) is 3. The van der Waals surface area contributed by atoms with Gasteiger partial charge in [0.15, 0.2) is 0 Å². The SMILES string of the molecule is CSCCC(=O)N1CCC2(CCCN(C3CCCCC3)C2=O)C1. The van der Waals surface area contributed by atoms with E-state index in [0.29, 0.717) is 24.9 Å². The second kappa shape index (κ2) is 7.45. The molecule has 0 aromatic heterocycles. The first kappa shape index (κ1) is 17.1. The largest absolute Gasteiger partial charge is 0.342 e. The lowest BCUT2D eigenvalue weighted by molar-refractivity contribution is -0.149. The molecule has 1 saturated carbocycles. The predicted octanol–water partition coefficient (Wildman–Crippen LogP) is 2.91. The summed E-state index contributed by atoms with van der Waals surface area (Å²) in [6.45, 7) is 2.38. The standard InChI is InChI=1S/C18H30N2O2S/c1-23-13-8-16(21)19-12-10-18(14-19)9-5-11-20(17(18)22)15-6-3-2-4-7-15/h15H,2-14H2,1H3. The van der Waals surface area contributed by atoms with Gasteiger partial charge < -0.3 is 9.80 Å². The fourth-order valence-electron chi connectivity index (χ4n) is 4.65. The summed E-state index contributed by atoms with van der Waals surface area (Å²) in [5, 5.41) is 0. The summed E-state index contributed by atoms with van der Waals surface area (Å²) in [7, 11) is 0. The van der Waals surface area contributed by atoms with Crippen molar-refractivity contribution in [1.29, 1.82) is 0 Å². The normalized spacial score (nSPS) is 29.5. The lowest BCUT2D eigenvalue weighted by Gasteiger charge is -2.44. The van der Waals surface area contributed by atoms with Crippen LogP contribution in [0.4, 0.5) is 0 Å². The van der Waals surface area contributed by atoms with E-state index < -0.39 is 0 Å². The van der Waals surface area contributed by atoms with Crippen LogP contribution in [0.15, 0.2) is 0 Å². The lowest BCUT2D eigenvalue weighted by atomic mass is 9.77. The van der Waals surface area contributed by atoms with Crippen LogP contribution in [0.1, 0.15) is 57.8 Å². The molecule has 0 N–H and O–H groups in total. The van der Waals surface area contributed by atoms with E-state index in [1.165, 1.54) is 32.1 Å². The summed E-state index contributed by atoms with van der Waals surface area (Å²) in [5.74, 6) is 1.47. The predicted molar refractivity (Wildman–Crippen MR) is 94.4 cm³/mol. The number of nitrogens with zero attached hydrogens (tertiary/aromatic N) is 2. The van der Waals surface area contributed by atoms with E-state index in [1.54, 1.807) is 11.8 Å². The molecule has 1 aliphatic carbocycles. The molecular formula is C18H30N2O2S. The molecule has 3 fully saturated rings. The third-order valence-corrected chi connectivity index (χ3v) is 6.62.